The zero-order valence-corrected chi connectivity index (χ0v) is 4.33. The van der Waals surface area contributed by atoms with Crippen molar-refractivity contribution in [2.45, 2.75) is 0 Å². The van der Waals surface area contributed by atoms with Crippen molar-refractivity contribution < 1.29 is 4.79 Å². The van der Waals surface area contributed by atoms with Crippen LogP contribution in [0.15, 0.2) is 0 Å². The molecule has 0 aromatic heterocycles. The van der Waals surface area contributed by atoms with Crippen LogP contribution in [-0.2, 0) is 0 Å². The molecule has 0 bridgehead atoms. The van der Waals surface area contributed by atoms with Crippen molar-refractivity contribution in [3.63, 3.8) is 0 Å². The van der Waals surface area contributed by atoms with Gasteiger partial charge in [0.2, 0.25) is 0 Å². The maximum atomic E-state index is 8.98. The molecule has 5 heteroatoms. The molecule has 0 aliphatic rings. The average Bonchev–Trinajstić information content (AvgIpc) is 1.41. The second kappa shape index (κ2) is 8.95. The van der Waals surface area contributed by atoms with E-state index in [1.807, 2.05) is 0 Å². The van der Waals surface area contributed by atoms with Crippen LogP contribution in [0.4, 0.5) is 4.79 Å². The molecule has 0 spiro atoms. The van der Waals surface area contributed by atoms with E-state index >= 15 is 0 Å². The Morgan fingerprint density at radius 1 is 1.33 bits per heavy atom. The van der Waals surface area contributed by atoms with E-state index in [4.69, 9.17) is 4.79 Å². The highest BCUT2D eigenvalue weighted by Gasteiger charge is 1.72. The summed E-state index contributed by atoms with van der Waals surface area (Å²) in [6, 6.07) is 0. The molecule has 0 amide bonds. The molecule has 0 atom stereocenters. The summed E-state index contributed by atoms with van der Waals surface area (Å²) in [6.45, 7) is 0. The first-order valence-electron chi connectivity index (χ1n) is 0.915. The first kappa shape index (κ1) is 9.48. The fourth-order valence-corrected chi connectivity index (χ4v) is 0. The van der Waals surface area contributed by atoms with Crippen LogP contribution in [0.25, 0.3) is 0 Å². The van der Waals surface area contributed by atoms with Crippen molar-refractivity contribution in [3.8, 4) is 0 Å². The Kier molecular flexibility index (Phi) is 14.1. The lowest BCUT2D eigenvalue weighted by molar-refractivity contribution is 0.275. The normalized spacial score (nSPS) is 5.33. The first-order chi connectivity index (χ1) is 2.73. The van der Waals surface area contributed by atoms with Crippen LogP contribution in [0.5, 0.6) is 0 Å². The lowest BCUT2D eigenvalue weighted by atomic mass is 11.8. The molecule has 6 heavy (non-hydrogen) atoms. The second-order valence-corrected chi connectivity index (χ2v) is 1.11. The third kappa shape index (κ3) is 1450. The van der Waals surface area contributed by atoms with Crippen LogP contribution in [-0.4, -0.2) is 4.70 Å². The Bertz CT molecular complexity index is 34.5. The summed E-state index contributed by atoms with van der Waals surface area (Å²) in [6.07, 6.45) is 0. The van der Waals surface area contributed by atoms with Gasteiger partial charge in [-0.15, -0.1) is 0 Å². The fraction of sp³-hybridized carbons (Fsp3) is 0. The predicted octanol–water partition coefficient (Wildman–Crippen LogP) is 0.403. The van der Waals surface area contributed by atoms with Gasteiger partial charge in [-0.1, -0.05) is 0 Å². The Morgan fingerprint density at radius 2 is 1.33 bits per heavy atom. The monoisotopic (exact) mass is 130 g/mol. The van der Waals surface area contributed by atoms with Gasteiger partial charge in [-0.2, -0.15) is 0 Å². The minimum atomic E-state index is -0.889. The van der Waals surface area contributed by atoms with E-state index in [0.29, 0.717) is 0 Å². The predicted molar refractivity (Wildman–Crippen MR) is 25.5 cm³/mol. The maximum Gasteiger partial charge on any atom is 0.313 e. The summed E-state index contributed by atoms with van der Waals surface area (Å²) in [5.41, 5.74) is 0. The third-order valence-electron chi connectivity index (χ3n) is 0. The molecule has 0 aromatic carbocycles. The van der Waals surface area contributed by atoms with Gasteiger partial charge in [0.05, 0.1) is 0 Å². The Hall–Kier alpha value is 0.170. The topological polar surface area (TPSA) is 69.1 Å². The number of rotatable bonds is 0. The molecule has 0 radical (unpaired) electrons. The average molecular weight is 131 g/mol. The number of halogens is 2. The highest BCUT2D eigenvalue weighted by molar-refractivity contribution is 6.93. The van der Waals surface area contributed by atoms with Gasteiger partial charge in [-0.3, -0.25) is 16.5 Å². The molecule has 0 aliphatic heterocycles. The SMILES string of the molecule is NN.O=C(Cl)Cl. The van der Waals surface area contributed by atoms with E-state index in [2.05, 4.69) is 34.9 Å². The Balaban J connectivity index is 0. The lowest BCUT2D eigenvalue weighted by Gasteiger charge is -1.48. The summed E-state index contributed by atoms with van der Waals surface area (Å²) < 4.78 is -0.889. The van der Waals surface area contributed by atoms with Crippen LogP contribution in [0.2, 0.25) is 0 Å². The maximum absolute atomic E-state index is 8.98. The molecule has 0 fully saturated rings. The van der Waals surface area contributed by atoms with Gasteiger partial charge in [0.25, 0.3) is 0 Å². The molecular formula is CH4Cl2N2O. The molecule has 0 unspecified atom stereocenters. The van der Waals surface area contributed by atoms with Crippen LogP contribution in [0.1, 0.15) is 0 Å². The van der Waals surface area contributed by atoms with Gasteiger partial charge >= 0.3 is 4.70 Å². The number of nitrogens with two attached hydrogens (primary N) is 2. The molecule has 38 valence electrons. The summed E-state index contributed by atoms with van der Waals surface area (Å²) >= 11 is 8.80. The van der Waals surface area contributed by atoms with E-state index in [0.717, 1.165) is 0 Å². The number of hydrogen-bond donors (Lipinski definition) is 2. The highest BCUT2D eigenvalue weighted by Crippen LogP contribution is 1.84. The van der Waals surface area contributed by atoms with Crippen molar-refractivity contribution in [2.24, 2.45) is 11.7 Å². The van der Waals surface area contributed by atoms with Crippen molar-refractivity contribution in [2.75, 3.05) is 0 Å². The first-order valence-corrected chi connectivity index (χ1v) is 1.67. The highest BCUT2D eigenvalue weighted by atomic mass is 35.5. The summed E-state index contributed by atoms with van der Waals surface area (Å²) in [4.78, 5) is 8.98. The molecule has 0 aromatic rings. The minimum Gasteiger partial charge on any atom is -0.274 e. The molecule has 0 heterocycles. The number of carbonyl (C=O) groups excluding carboxylic acids is 1. The molecule has 0 saturated carbocycles. The fourth-order valence-electron chi connectivity index (χ4n) is 0. The minimum absolute atomic E-state index is 0.889. The van der Waals surface area contributed by atoms with Crippen molar-refractivity contribution >= 4 is 27.9 Å². The van der Waals surface area contributed by atoms with Crippen molar-refractivity contribution in [3.05, 3.63) is 0 Å². The quantitative estimate of drug-likeness (QED) is 0.284. The molecule has 3 nitrogen and oxygen atoms in total. The van der Waals surface area contributed by atoms with Gasteiger partial charge in [-0.25, -0.2) is 0 Å². The number of carbonyl (C=O) groups is 1. The molecular weight excluding hydrogens is 127 g/mol. The molecule has 0 rings (SSSR count). The van der Waals surface area contributed by atoms with Crippen molar-refractivity contribution in [1.82, 2.24) is 0 Å². The zero-order valence-electron chi connectivity index (χ0n) is 2.82. The van der Waals surface area contributed by atoms with Crippen molar-refractivity contribution in [1.29, 1.82) is 0 Å². The summed E-state index contributed by atoms with van der Waals surface area (Å²) in [5.74, 6) is 8.00. The van der Waals surface area contributed by atoms with Gasteiger partial charge in [0.15, 0.2) is 0 Å². The zero-order chi connectivity index (χ0) is 5.58. The Labute approximate surface area is 45.2 Å². The van der Waals surface area contributed by atoms with E-state index in [-0.39, 0.29) is 0 Å². The summed E-state index contributed by atoms with van der Waals surface area (Å²) in [7, 11) is 0. The van der Waals surface area contributed by atoms with Gasteiger partial charge < -0.3 is 0 Å². The van der Waals surface area contributed by atoms with Gasteiger partial charge in [0.1, 0.15) is 0 Å². The third-order valence-corrected chi connectivity index (χ3v) is 0. The smallest absolute Gasteiger partial charge is 0.274 e. The molecule has 0 aliphatic carbocycles. The van der Waals surface area contributed by atoms with Gasteiger partial charge in [-0.05, 0) is 23.2 Å². The lowest BCUT2D eigenvalue weighted by Crippen LogP contribution is -2.02. The van der Waals surface area contributed by atoms with E-state index in [9.17, 15) is 0 Å². The van der Waals surface area contributed by atoms with E-state index < -0.39 is 4.70 Å². The van der Waals surface area contributed by atoms with Crippen LogP contribution >= 0.6 is 23.2 Å². The standard InChI is InChI=1S/CCl2O.H4N2/c2-1(3)4;1-2/h;1-2H2. The van der Waals surface area contributed by atoms with Crippen LogP contribution in [0, 0.1) is 0 Å². The largest absolute Gasteiger partial charge is 0.313 e. The van der Waals surface area contributed by atoms with Gasteiger partial charge in [0, 0.05) is 0 Å². The second-order valence-electron chi connectivity index (χ2n) is 0.226. The number of hydrogen-bond acceptors (Lipinski definition) is 3. The van der Waals surface area contributed by atoms with Crippen LogP contribution < -0.4 is 11.7 Å². The summed E-state index contributed by atoms with van der Waals surface area (Å²) in [5, 5.41) is 0. The molecule has 0 saturated heterocycles. The van der Waals surface area contributed by atoms with E-state index in [1.165, 1.54) is 0 Å². The van der Waals surface area contributed by atoms with Crippen LogP contribution in [0.3, 0.4) is 0 Å². The Morgan fingerprint density at radius 3 is 1.33 bits per heavy atom. The molecule has 4 N–H and O–H groups in total. The van der Waals surface area contributed by atoms with E-state index in [1.54, 1.807) is 0 Å². The number of hydrazine groups is 1.